The molecule has 4 atom stereocenters. The summed E-state index contributed by atoms with van der Waals surface area (Å²) in [5, 5.41) is 6.23. The van der Waals surface area contributed by atoms with Gasteiger partial charge in [-0.3, -0.25) is 9.78 Å². The Bertz CT molecular complexity index is 516. The molecule has 114 valence electrons. The molecule has 2 heterocycles. The van der Waals surface area contributed by atoms with Gasteiger partial charge in [0, 0.05) is 25.7 Å². The third-order valence-electron chi connectivity index (χ3n) is 4.65. The maximum absolute atomic E-state index is 11.0. The fraction of sp³-hybridized carbons (Fsp3) is 0.625. The van der Waals surface area contributed by atoms with Crippen molar-refractivity contribution in [2.75, 3.05) is 19.7 Å². The highest BCUT2D eigenvalue weighted by atomic mass is 16.5. The molecule has 1 amide bonds. The number of ether oxygens (including phenoxy) is 1. The minimum Gasteiger partial charge on any atom is -0.490 e. The van der Waals surface area contributed by atoms with Gasteiger partial charge in [0.15, 0.2) is 0 Å². The molecule has 4 unspecified atom stereocenters. The molecular weight excluding hydrogens is 266 g/mol. The van der Waals surface area contributed by atoms with E-state index in [0.29, 0.717) is 30.4 Å². The Morgan fingerprint density at radius 3 is 3.00 bits per heavy atom. The maximum atomic E-state index is 11.0. The number of pyridine rings is 1. The zero-order valence-corrected chi connectivity index (χ0v) is 12.6. The average molecular weight is 289 g/mol. The Morgan fingerprint density at radius 1 is 1.52 bits per heavy atom. The lowest BCUT2D eigenvalue weighted by Crippen LogP contribution is -2.46. The van der Waals surface area contributed by atoms with E-state index in [4.69, 9.17) is 4.74 Å². The first-order valence-corrected chi connectivity index (χ1v) is 7.70. The fourth-order valence-corrected chi connectivity index (χ4v) is 3.06. The zero-order chi connectivity index (χ0) is 14.8. The summed E-state index contributed by atoms with van der Waals surface area (Å²) in [4.78, 5) is 15.3. The predicted octanol–water partition coefficient (Wildman–Crippen LogP) is 1.31. The van der Waals surface area contributed by atoms with E-state index in [1.54, 1.807) is 13.1 Å². The van der Waals surface area contributed by atoms with E-state index in [-0.39, 0.29) is 5.91 Å². The molecule has 1 aromatic rings. The van der Waals surface area contributed by atoms with Crippen LogP contribution >= 0.6 is 0 Å². The highest BCUT2D eigenvalue weighted by Gasteiger charge is 2.47. The number of carbonyl (C=O) groups excluding carboxylic acids is 1. The summed E-state index contributed by atoms with van der Waals surface area (Å²) >= 11 is 0. The normalized spacial score (nSPS) is 30.4. The van der Waals surface area contributed by atoms with E-state index in [2.05, 4.69) is 28.6 Å². The van der Waals surface area contributed by atoms with Gasteiger partial charge < -0.3 is 15.4 Å². The summed E-state index contributed by atoms with van der Waals surface area (Å²) in [5.74, 6) is 2.46. The van der Waals surface area contributed by atoms with Crippen molar-refractivity contribution in [3.8, 4) is 5.75 Å². The Hall–Kier alpha value is -1.62. The monoisotopic (exact) mass is 289 g/mol. The molecule has 0 aromatic carbocycles. The molecule has 0 bridgehead atoms. The van der Waals surface area contributed by atoms with Gasteiger partial charge in [-0.2, -0.15) is 0 Å². The van der Waals surface area contributed by atoms with E-state index in [1.165, 1.54) is 12.0 Å². The van der Waals surface area contributed by atoms with Gasteiger partial charge in [0.2, 0.25) is 5.91 Å². The van der Waals surface area contributed by atoms with Gasteiger partial charge in [-0.15, -0.1) is 0 Å². The van der Waals surface area contributed by atoms with Crippen molar-refractivity contribution in [1.82, 2.24) is 15.6 Å². The van der Waals surface area contributed by atoms with Gasteiger partial charge >= 0.3 is 0 Å². The van der Waals surface area contributed by atoms with Crippen molar-refractivity contribution in [2.24, 2.45) is 11.8 Å². The molecule has 0 spiro atoms. The molecule has 2 fully saturated rings. The van der Waals surface area contributed by atoms with Crippen LogP contribution in [-0.2, 0) is 4.79 Å². The van der Waals surface area contributed by atoms with Crippen LogP contribution in [0.4, 0.5) is 0 Å². The third-order valence-corrected chi connectivity index (χ3v) is 4.65. The van der Waals surface area contributed by atoms with E-state index >= 15 is 0 Å². The first kappa shape index (κ1) is 14.3. The Labute approximate surface area is 125 Å². The maximum Gasteiger partial charge on any atom is 0.216 e. The molecule has 3 rings (SSSR count). The molecule has 5 nitrogen and oxygen atoms in total. The summed E-state index contributed by atoms with van der Waals surface area (Å²) in [6.07, 6.45) is 4.88. The van der Waals surface area contributed by atoms with E-state index in [1.807, 2.05) is 6.20 Å². The van der Waals surface area contributed by atoms with Gasteiger partial charge in [0.1, 0.15) is 12.4 Å². The van der Waals surface area contributed by atoms with E-state index in [0.717, 1.165) is 18.8 Å². The Morgan fingerprint density at radius 2 is 2.33 bits per heavy atom. The quantitative estimate of drug-likeness (QED) is 0.829. The van der Waals surface area contributed by atoms with E-state index in [9.17, 15) is 4.79 Å². The van der Waals surface area contributed by atoms with Crippen molar-refractivity contribution in [3.05, 3.63) is 24.0 Å². The lowest BCUT2D eigenvalue weighted by molar-refractivity contribution is -0.119. The zero-order valence-electron chi connectivity index (χ0n) is 12.6. The van der Waals surface area contributed by atoms with Crippen LogP contribution in [0.15, 0.2) is 18.5 Å². The lowest BCUT2D eigenvalue weighted by atomic mass is 10.1. The minimum atomic E-state index is 0.0380. The van der Waals surface area contributed by atoms with Gasteiger partial charge in [-0.1, -0.05) is 6.92 Å². The van der Waals surface area contributed by atoms with Crippen LogP contribution < -0.4 is 15.4 Å². The standard InChI is InChI=1S/C16H23N3O2/c1-10-15(8-19-11(2)20)16(10)12-5-14(7-17-6-12)21-9-13-3-4-18-13/h5-7,10,13,15-16,18H,3-4,8-9H2,1-2H3,(H,19,20). The molecule has 1 aromatic heterocycles. The predicted molar refractivity (Wildman–Crippen MR) is 80.2 cm³/mol. The second kappa shape index (κ2) is 6.02. The van der Waals surface area contributed by atoms with Crippen LogP contribution in [0.3, 0.4) is 0 Å². The molecule has 1 aliphatic carbocycles. The molecule has 1 saturated carbocycles. The molecule has 2 aliphatic rings. The van der Waals surface area contributed by atoms with Crippen LogP contribution in [-0.4, -0.2) is 36.6 Å². The summed E-state index contributed by atoms with van der Waals surface area (Å²) in [6.45, 7) is 6.34. The first-order chi connectivity index (χ1) is 10.1. The van der Waals surface area contributed by atoms with Gasteiger partial charge in [-0.05, 0) is 42.3 Å². The van der Waals surface area contributed by atoms with Crippen molar-refractivity contribution >= 4 is 5.91 Å². The van der Waals surface area contributed by atoms with Gasteiger partial charge in [0.25, 0.3) is 0 Å². The molecule has 1 aliphatic heterocycles. The summed E-state index contributed by atoms with van der Waals surface area (Å²) < 4.78 is 5.80. The minimum absolute atomic E-state index is 0.0380. The second-order valence-corrected chi connectivity index (χ2v) is 6.19. The number of rotatable bonds is 6. The summed E-state index contributed by atoms with van der Waals surface area (Å²) in [7, 11) is 0. The molecule has 1 saturated heterocycles. The van der Waals surface area contributed by atoms with Crippen LogP contribution in [0.5, 0.6) is 5.75 Å². The smallest absolute Gasteiger partial charge is 0.216 e. The number of nitrogens with one attached hydrogen (secondary N) is 2. The molecular formula is C16H23N3O2. The number of carbonyl (C=O) groups is 1. The summed E-state index contributed by atoms with van der Waals surface area (Å²) in [5.41, 5.74) is 1.22. The van der Waals surface area contributed by atoms with E-state index < -0.39 is 0 Å². The molecule has 5 heteroatoms. The molecule has 2 N–H and O–H groups in total. The third kappa shape index (κ3) is 3.35. The number of hydrogen-bond donors (Lipinski definition) is 2. The molecule has 21 heavy (non-hydrogen) atoms. The Balaban J connectivity index is 1.56. The topological polar surface area (TPSA) is 63.2 Å². The number of hydrogen-bond acceptors (Lipinski definition) is 4. The summed E-state index contributed by atoms with van der Waals surface area (Å²) in [6, 6.07) is 2.58. The van der Waals surface area contributed by atoms with Gasteiger partial charge in [0.05, 0.1) is 6.20 Å². The number of amides is 1. The van der Waals surface area contributed by atoms with Crippen molar-refractivity contribution < 1.29 is 9.53 Å². The highest BCUT2D eigenvalue weighted by molar-refractivity contribution is 5.72. The average Bonchev–Trinajstić information content (AvgIpc) is 3.05. The SMILES string of the molecule is CC(=O)NCC1C(C)C1c1cncc(OCC2CCN2)c1. The van der Waals surface area contributed by atoms with Crippen LogP contribution in [0.1, 0.15) is 31.7 Å². The van der Waals surface area contributed by atoms with Crippen LogP contribution in [0.25, 0.3) is 0 Å². The second-order valence-electron chi connectivity index (χ2n) is 6.19. The van der Waals surface area contributed by atoms with Crippen molar-refractivity contribution in [1.29, 1.82) is 0 Å². The number of aromatic nitrogens is 1. The first-order valence-electron chi connectivity index (χ1n) is 7.70. The lowest BCUT2D eigenvalue weighted by Gasteiger charge is -2.27. The van der Waals surface area contributed by atoms with Crippen molar-refractivity contribution in [2.45, 2.75) is 32.2 Å². The van der Waals surface area contributed by atoms with Crippen molar-refractivity contribution in [3.63, 3.8) is 0 Å². The molecule has 0 radical (unpaired) electrons. The number of nitrogens with zero attached hydrogens (tertiary/aromatic N) is 1. The Kier molecular flexibility index (Phi) is 4.10. The largest absolute Gasteiger partial charge is 0.490 e. The van der Waals surface area contributed by atoms with Crippen LogP contribution in [0.2, 0.25) is 0 Å². The van der Waals surface area contributed by atoms with Crippen LogP contribution in [0, 0.1) is 11.8 Å². The highest BCUT2D eigenvalue weighted by Crippen LogP contribution is 2.53. The fourth-order valence-electron chi connectivity index (χ4n) is 3.06. The van der Waals surface area contributed by atoms with Gasteiger partial charge in [-0.25, -0.2) is 0 Å².